The van der Waals surface area contributed by atoms with Gasteiger partial charge in [-0.1, -0.05) is 47.8 Å². The van der Waals surface area contributed by atoms with Crippen molar-refractivity contribution in [3.05, 3.63) is 77.1 Å². The van der Waals surface area contributed by atoms with Gasteiger partial charge in [0.15, 0.2) is 5.69 Å². The standard InChI is InChI=1S/C22H25N5O2S/c1-4-22(2,3)24-20(28)19(17-11-8-12-23-13-17)27(14-16-9-6-5-7-10-16)21(29)18-15-30-26-25-18/h5-13,15,19H,4,14H2,1-3H3,(H,24,28). The predicted molar refractivity (Wildman–Crippen MR) is 116 cm³/mol. The van der Waals surface area contributed by atoms with E-state index >= 15 is 0 Å². The zero-order valence-corrected chi connectivity index (χ0v) is 18.1. The maximum Gasteiger partial charge on any atom is 0.276 e. The molecule has 2 heterocycles. The normalized spacial score (nSPS) is 12.2. The van der Waals surface area contributed by atoms with Crippen LogP contribution in [0.1, 0.15) is 54.8 Å². The molecule has 0 saturated carbocycles. The van der Waals surface area contributed by atoms with Crippen LogP contribution in [-0.2, 0) is 11.3 Å². The Kier molecular flexibility index (Phi) is 6.89. The van der Waals surface area contributed by atoms with E-state index in [2.05, 4.69) is 19.9 Å². The lowest BCUT2D eigenvalue weighted by atomic mass is 9.99. The molecule has 0 spiro atoms. The highest BCUT2D eigenvalue weighted by molar-refractivity contribution is 7.03. The molecule has 1 atom stereocenters. The van der Waals surface area contributed by atoms with E-state index in [0.29, 0.717) is 5.56 Å². The molecule has 0 aliphatic rings. The van der Waals surface area contributed by atoms with Crippen LogP contribution in [0.25, 0.3) is 0 Å². The van der Waals surface area contributed by atoms with E-state index < -0.39 is 11.6 Å². The van der Waals surface area contributed by atoms with Crippen molar-refractivity contribution >= 4 is 23.3 Å². The fourth-order valence-electron chi connectivity index (χ4n) is 2.97. The van der Waals surface area contributed by atoms with Crippen molar-refractivity contribution in [2.75, 3.05) is 0 Å². The molecule has 30 heavy (non-hydrogen) atoms. The maximum atomic E-state index is 13.5. The Bertz CT molecular complexity index is 962. The second-order valence-corrected chi connectivity index (χ2v) is 8.23. The van der Waals surface area contributed by atoms with Crippen molar-refractivity contribution in [1.29, 1.82) is 0 Å². The third-order valence-electron chi connectivity index (χ3n) is 4.94. The monoisotopic (exact) mass is 423 g/mol. The smallest absolute Gasteiger partial charge is 0.276 e. The minimum absolute atomic E-state index is 0.215. The lowest BCUT2D eigenvalue weighted by Crippen LogP contribution is -2.50. The van der Waals surface area contributed by atoms with Crippen molar-refractivity contribution in [3.63, 3.8) is 0 Å². The quantitative estimate of drug-likeness (QED) is 0.598. The summed E-state index contributed by atoms with van der Waals surface area (Å²) in [5.74, 6) is -0.617. The maximum absolute atomic E-state index is 13.5. The van der Waals surface area contributed by atoms with Crippen LogP contribution in [0.15, 0.2) is 60.2 Å². The minimum atomic E-state index is -0.862. The molecule has 2 aromatic heterocycles. The average molecular weight is 424 g/mol. The second kappa shape index (κ2) is 9.58. The van der Waals surface area contributed by atoms with E-state index in [1.54, 1.807) is 29.9 Å². The molecule has 3 rings (SSSR count). The number of benzene rings is 1. The molecule has 0 bridgehead atoms. The van der Waals surface area contributed by atoms with Gasteiger partial charge in [0.05, 0.1) is 0 Å². The number of carbonyl (C=O) groups excluding carboxylic acids is 2. The van der Waals surface area contributed by atoms with Gasteiger partial charge < -0.3 is 10.2 Å². The highest BCUT2D eigenvalue weighted by Gasteiger charge is 2.35. The molecule has 2 amide bonds. The molecule has 8 heteroatoms. The lowest BCUT2D eigenvalue weighted by molar-refractivity contribution is -0.127. The number of hydrogen-bond acceptors (Lipinski definition) is 6. The van der Waals surface area contributed by atoms with Gasteiger partial charge in [-0.15, -0.1) is 5.10 Å². The molecule has 156 valence electrons. The molecule has 3 aromatic rings. The number of aromatic nitrogens is 3. The van der Waals surface area contributed by atoms with Gasteiger partial charge >= 0.3 is 0 Å². The highest BCUT2D eigenvalue weighted by Crippen LogP contribution is 2.26. The molecule has 0 radical (unpaired) electrons. The van der Waals surface area contributed by atoms with Gasteiger partial charge in [0.25, 0.3) is 5.91 Å². The Hall–Kier alpha value is -3.13. The fraction of sp³-hybridized carbons (Fsp3) is 0.318. The summed E-state index contributed by atoms with van der Waals surface area (Å²) in [5.41, 5.74) is 1.34. The number of nitrogens with one attached hydrogen (secondary N) is 1. The van der Waals surface area contributed by atoms with Gasteiger partial charge in [-0.2, -0.15) is 0 Å². The summed E-state index contributed by atoms with van der Waals surface area (Å²) >= 11 is 1.10. The number of carbonyl (C=O) groups is 2. The van der Waals surface area contributed by atoms with Crippen LogP contribution in [0.4, 0.5) is 0 Å². The second-order valence-electron chi connectivity index (χ2n) is 7.62. The largest absolute Gasteiger partial charge is 0.349 e. The van der Waals surface area contributed by atoms with Crippen molar-refractivity contribution in [2.45, 2.75) is 45.3 Å². The Morgan fingerprint density at radius 1 is 1.17 bits per heavy atom. The Labute approximate surface area is 180 Å². The number of pyridine rings is 1. The summed E-state index contributed by atoms with van der Waals surface area (Å²) in [6, 6.07) is 12.3. The van der Waals surface area contributed by atoms with Crippen LogP contribution in [-0.4, -0.2) is 36.8 Å². The Morgan fingerprint density at radius 3 is 2.53 bits per heavy atom. The number of amides is 2. The van der Waals surface area contributed by atoms with E-state index in [9.17, 15) is 9.59 Å². The average Bonchev–Trinajstić information content (AvgIpc) is 3.29. The van der Waals surface area contributed by atoms with E-state index in [1.807, 2.05) is 51.1 Å². The first kappa shape index (κ1) is 21.6. The molecule has 1 unspecified atom stereocenters. The molecular weight excluding hydrogens is 398 g/mol. The zero-order valence-electron chi connectivity index (χ0n) is 17.3. The van der Waals surface area contributed by atoms with E-state index in [1.165, 1.54) is 4.90 Å². The van der Waals surface area contributed by atoms with Crippen LogP contribution in [0.3, 0.4) is 0 Å². The summed E-state index contributed by atoms with van der Waals surface area (Å²) < 4.78 is 3.81. The van der Waals surface area contributed by atoms with Crippen LogP contribution < -0.4 is 5.32 Å². The van der Waals surface area contributed by atoms with Crippen LogP contribution in [0, 0.1) is 0 Å². The van der Waals surface area contributed by atoms with Gasteiger partial charge in [0.1, 0.15) is 6.04 Å². The topological polar surface area (TPSA) is 88.1 Å². The first-order chi connectivity index (χ1) is 14.4. The first-order valence-electron chi connectivity index (χ1n) is 9.75. The van der Waals surface area contributed by atoms with Crippen LogP contribution >= 0.6 is 11.5 Å². The van der Waals surface area contributed by atoms with Crippen molar-refractivity contribution < 1.29 is 9.59 Å². The first-order valence-corrected chi connectivity index (χ1v) is 10.6. The predicted octanol–water partition coefficient (Wildman–Crippen LogP) is 3.62. The van der Waals surface area contributed by atoms with Crippen molar-refractivity contribution in [3.8, 4) is 0 Å². The molecule has 0 aliphatic heterocycles. The molecule has 1 N–H and O–H groups in total. The Morgan fingerprint density at radius 2 is 1.93 bits per heavy atom. The summed E-state index contributed by atoms with van der Waals surface area (Å²) in [7, 11) is 0. The van der Waals surface area contributed by atoms with Gasteiger partial charge in [0, 0.05) is 35.4 Å². The van der Waals surface area contributed by atoms with Crippen LogP contribution in [0.2, 0.25) is 0 Å². The molecule has 0 fully saturated rings. The number of hydrogen-bond donors (Lipinski definition) is 1. The molecule has 0 saturated heterocycles. The zero-order chi connectivity index (χ0) is 21.6. The van der Waals surface area contributed by atoms with E-state index in [0.717, 1.165) is 23.5 Å². The number of nitrogens with zero attached hydrogens (tertiary/aromatic N) is 4. The minimum Gasteiger partial charge on any atom is -0.349 e. The lowest BCUT2D eigenvalue weighted by Gasteiger charge is -2.34. The van der Waals surface area contributed by atoms with Crippen molar-refractivity contribution in [1.82, 2.24) is 24.8 Å². The summed E-state index contributed by atoms with van der Waals surface area (Å²) in [5, 5.41) is 8.60. The molecular formula is C22H25N5O2S. The molecule has 0 aliphatic carbocycles. The Balaban J connectivity index is 2.05. The molecule has 1 aromatic carbocycles. The third-order valence-corrected chi connectivity index (χ3v) is 5.45. The third kappa shape index (κ3) is 5.27. The van der Waals surface area contributed by atoms with Gasteiger partial charge in [-0.05, 0) is 43.4 Å². The van der Waals surface area contributed by atoms with Crippen LogP contribution in [0.5, 0.6) is 0 Å². The fourth-order valence-corrected chi connectivity index (χ4v) is 3.40. The van der Waals surface area contributed by atoms with Gasteiger partial charge in [-0.3, -0.25) is 14.6 Å². The van der Waals surface area contributed by atoms with E-state index in [4.69, 9.17) is 0 Å². The SMILES string of the molecule is CCC(C)(C)NC(=O)C(c1cccnc1)N(Cc1ccccc1)C(=O)c1csnn1. The summed E-state index contributed by atoms with van der Waals surface area (Å²) in [4.78, 5) is 32.6. The summed E-state index contributed by atoms with van der Waals surface area (Å²) in [6.45, 7) is 6.17. The molecule has 7 nitrogen and oxygen atoms in total. The van der Waals surface area contributed by atoms with Gasteiger partial charge in [-0.25, -0.2) is 0 Å². The number of rotatable bonds is 8. The van der Waals surface area contributed by atoms with Gasteiger partial charge in [0.2, 0.25) is 5.91 Å². The van der Waals surface area contributed by atoms with Crippen molar-refractivity contribution in [2.24, 2.45) is 0 Å². The highest BCUT2D eigenvalue weighted by atomic mass is 32.1. The van der Waals surface area contributed by atoms with E-state index in [-0.39, 0.29) is 24.1 Å². The summed E-state index contributed by atoms with van der Waals surface area (Å²) in [6.07, 6.45) is 4.01.